The summed E-state index contributed by atoms with van der Waals surface area (Å²) in [5.74, 6) is 5.19. The van der Waals surface area contributed by atoms with Gasteiger partial charge in [-0.05, 0) is 31.6 Å². The smallest absolute Gasteiger partial charge is 0.229 e. The van der Waals surface area contributed by atoms with Gasteiger partial charge in [-0.2, -0.15) is 4.98 Å². The maximum atomic E-state index is 5.44. The van der Waals surface area contributed by atoms with Crippen molar-refractivity contribution in [3.05, 3.63) is 29.2 Å². The van der Waals surface area contributed by atoms with Crippen LogP contribution < -0.4 is 0 Å². The van der Waals surface area contributed by atoms with Crippen molar-refractivity contribution in [2.24, 2.45) is 5.92 Å². The highest BCUT2D eigenvalue weighted by atomic mass is 16.5. The van der Waals surface area contributed by atoms with Crippen molar-refractivity contribution in [3.8, 4) is 0 Å². The van der Waals surface area contributed by atoms with E-state index in [9.17, 15) is 0 Å². The van der Waals surface area contributed by atoms with Crippen LogP contribution in [0.25, 0.3) is 0 Å². The molecule has 2 heterocycles. The molecule has 0 aliphatic heterocycles. The Balaban J connectivity index is 1.35. The lowest BCUT2D eigenvalue weighted by molar-refractivity contribution is 0.344. The van der Waals surface area contributed by atoms with Gasteiger partial charge in [-0.1, -0.05) is 31.1 Å². The zero-order valence-corrected chi connectivity index (χ0v) is 13.5. The van der Waals surface area contributed by atoms with Gasteiger partial charge in [-0.3, -0.25) is 0 Å². The molecule has 2 fully saturated rings. The van der Waals surface area contributed by atoms with Crippen molar-refractivity contribution in [3.63, 3.8) is 0 Å². The van der Waals surface area contributed by atoms with E-state index >= 15 is 0 Å². The summed E-state index contributed by atoms with van der Waals surface area (Å²) in [6, 6.07) is 2.12. The van der Waals surface area contributed by atoms with Gasteiger partial charge < -0.3 is 9.05 Å². The molecule has 3 unspecified atom stereocenters. The van der Waals surface area contributed by atoms with Crippen molar-refractivity contribution < 1.29 is 9.05 Å². The first-order chi connectivity index (χ1) is 10.6. The third-order valence-corrected chi connectivity index (χ3v) is 4.90. The van der Waals surface area contributed by atoms with Crippen molar-refractivity contribution in [2.45, 2.75) is 70.1 Å². The summed E-state index contributed by atoms with van der Waals surface area (Å²) in [6.07, 6.45) is 4.70. The van der Waals surface area contributed by atoms with Crippen molar-refractivity contribution >= 4 is 0 Å². The Morgan fingerprint density at radius 3 is 2.68 bits per heavy atom. The van der Waals surface area contributed by atoms with Gasteiger partial charge in [-0.15, -0.1) is 0 Å². The summed E-state index contributed by atoms with van der Waals surface area (Å²) < 4.78 is 10.8. The van der Waals surface area contributed by atoms with E-state index in [1.807, 2.05) is 0 Å². The third-order valence-electron chi connectivity index (χ3n) is 4.90. The first-order valence-electron chi connectivity index (χ1n) is 8.41. The van der Waals surface area contributed by atoms with Gasteiger partial charge in [0.1, 0.15) is 5.76 Å². The fourth-order valence-electron chi connectivity index (χ4n) is 3.13. The maximum absolute atomic E-state index is 5.44. The molecule has 0 radical (unpaired) electrons. The minimum Gasteiger partial charge on any atom is -0.361 e. The Hall–Kier alpha value is -1.65. The van der Waals surface area contributed by atoms with Crippen molar-refractivity contribution in [2.75, 3.05) is 0 Å². The Kier molecular flexibility index (Phi) is 3.31. The molecule has 0 amide bonds. The normalized spacial score (nSPS) is 25.6. The third kappa shape index (κ3) is 2.69. The summed E-state index contributed by atoms with van der Waals surface area (Å²) in [5.41, 5.74) is 1.12. The van der Waals surface area contributed by atoms with Gasteiger partial charge in [0.2, 0.25) is 5.89 Å². The summed E-state index contributed by atoms with van der Waals surface area (Å²) in [7, 11) is 0. The number of rotatable bonds is 6. The molecule has 0 bridgehead atoms. The Morgan fingerprint density at radius 1 is 1.18 bits per heavy atom. The van der Waals surface area contributed by atoms with Gasteiger partial charge in [0.25, 0.3) is 0 Å². The minimum atomic E-state index is 0.325. The van der Waals surface area contributed by atoms with E-state index in [1.54, 1.807) is 0 Å². The molecule has 22 heavy (non-hydrogen) atoms. The maximum Gasteiger partial charge on any atom is 0.229 e. The van der Waals surface area contributed by atoms with E-state index in [-0.39, 0.29) is 0 Å². The topological polar surface area (TPSA) is 65.0 Å². The van der Waals surface area contributed by atoms with E-state index < -0.39 is 0 Å². The number of hydrogen-bond donors (Lipinski definition) is 0. The van der Waals surface area contributed by atoms with Gasteiger partial charge in [-0.25, -0.2) is 0 Å². The Morgan fingerprint density at radius 2 is 2.00 bits per heavy atom. The van der Waals surface area contributed by atoms with E-state index in [4.69, 9.17) is 9.05 Å². The monoisotopic (exact) mass is 301 g/mol. The summed E-state index contributed by atoms with van der Waals surface area (Å²) in [5, 5.41) is 8.35. The molecular formula is C17H23N3O2. The van der Waals surface area contributed by atoms with Crippen LogP contribution in [-0.4, -0.2) is 15.3 Å². The fraction of sp³-hybridized carbons (Fsp3) is 0.706. The van der Waals surface area contributed by atoms with E-state index in [2.05, 4.69) is 42.1 Å². The first-order valence-corrected chi connectivity index (χ1v) is 8.41. The summed E-state index contributed by atoms with van der Waals surface area (Å²) in [6.45, 7) is 6.44. The molecule has 2 aliphatic rings. The van der Waals surface area contributed by atoms with Crippen molar-refractivity contribution in [1.29, 1.82) is 0 Å². The minimum absolute atomic E-state index is 0.325. The first kappa shape index (κ1) is 14.0. The largest absolute Gasteiger partial charge is 0.361 e. The Labute approximate surface area is 130 Å². The molecule has 4 rings (SSSR count). The van der Waals surface area contributed by atoms with Gasteiger partial charge in [0, 0.05) is 29.7 Å². The Bertz CT molecular complexity index is 656. The fourth-order valence-corrected chi connectivity index (χ4v) is 3.13. The number of aromatic nitrogens is 3. The highest BCUT2D eigenvalue weighted by Gasteiger charge is 2.42. The van der Waals surface area contributed by atoms with Gasteiger partial charge >= 0.3 is 0 Å². The lowest BCUT2D eigenvalue weighted by atomic mass is 10.0. The molecule has 2 aromatic rings. The van der Waals surface area contributed by atoms with E-state index in [0.29, 0.717) is 29.6 Å². The van der Waals surface area contributed by atoms with Crippen LogP contribution in [0.15, 0.2) is 15.1 Å². The second-order valence-corrected chi connectivity index (χ2v) is 7.31. The lowest BCUT2D eigenvalue weighted by Crippen LogP contribution is -1.97. The molecule has 3 atom stereocenters. The molecule has 2 saturated carbocycles. The summed E-state index contributed by atoms with van der Waals surface area (Å²) >= 11 is 0. The predicted octanol–water partition coefficient (Wildman–Crippen LogP) is 4.36. The predicted molar refractivity (Wildman–Crippen MR) is 80.7 cm³/mol. The highest BCUT2D eigenvalue weighted by Crippen LogP contribution is 2.52. The van der Waals surface area contributed by atoms with Gasteiger partial charge in [0.05, 0.1) is 5.69 Å². The summed E-state index contributed by atoms with van der Waals surface area (Å²) in [4.78, 5) is 4.57. The van der Waals surface area contributed by atoms with Crippen LogP contribution in [-0.2, 0) is 0 Å². The molecule has 0 saturated heterocycles. The quantitative estimate of drug-likeness (QED) is 0.793. The average Bonchev–Trinajstić information content (AvgIpc) is 3.37. The molecule has 0 aromatic carbocycles. The second-order valence-electron chi connectivity index (χ2n) is 7.31. The standard InChI is InChI=1S/C17H23N3O2/c1-9(2)15-8-14(19-21-15)13-7-12(13)6-10(3)17-18-16(20-22-17)11-4-5-11/h8-13H,4-7H2,1-3H3. The average molecular weight is 301 g/mol. The molecule has 5 nitrogen and oxygen atoms in total. The zero-order chi connectivity index (χ0) is 15.3. The van der Waals surface area contributed by atoms with Crippen LogP contribution in [0.2, 0.25) is 0 Å². The second kappa shape index (κ2) is 5.21. The van der Waals surface area contributed by atoms with Crippen LogP contribution in [0.5, 0.6) is 0 Å². The number of nitrogens with zero attached hydrogens (tertiary/aromatic N) is 3. The molecule has 5 heteroatoms. The number of hydrogen-bond acceptors (Lipinski definition) is 5. The molecular weight excluding hydrogens is 278 g/mol. The SMILES string of the molecule is CC(C)c1cc(C2CC2CC(C)c2nc(C3CC3)no2)no1. The van der Waals surface area contributed by atoms with E-state index in [1.165, 1.54) is 19.3 Å². The van der Waals surface area contributed by atoms with Crippen LogP contribution in [0.4, 0.5) is 0 Å². The molecule has 0 N–H and O–H groups in total. The van der Waals surface area contributed by atoms with Crippen LogP contribution in [0.1, 0.15) is 93.3 Å². The molecule has 2 aliphatic carbocycles. The highest BCUT2D eigenvalue weighted by molar-refractivity contribution is 5.20. The lowest BCUT2D eigenvalue weighted by Gasteiger charge is -2.04. The van der Waals surface area contributed by atoms with E-state index in [0.717, 1.165) is 29.6 Å². The van der Waals surface area contributed by atoms with Crippen LogP contribution >= 0.6 is 0 Å². The van der Waals surface area contributed by atoms with Crippen molar-refractivity contribution in [1.82, 2.24) is 15.3 Å². The molecule has 0 spiro atoms. The van der Waals surface area contributed by atoms with Crippen LogP contribution in [0.3, 0.4) is 0 Å². The zero-order valence-electron chi connectivity index (χ0n) is 13.5. The molecule has 118 valence electrons. The molecule has 2 aromatic heterocycles. The van der Waals surface area contributed by atoms with Crippen LogP contribution in [0, 0.1) is 5.92 Å². The van der Waals surface area contributed by atoms with Gasteiger partial charge in [0.15, 0.2) is 5.82 Å².